The Hall–Kier alpha value is -2.23. The number of rotatable bonds is 6. The fourth-order valence-corrected chi connectivity index (χ4v) is 2.27. The van der Waals surface area contributed by atoms with Gasteiger partial charge in [0.1, 0.15) is 0 Å². The smallest absolute Gasteiger partial charge is 0.167 e. The zero-order chi connectivity index (χ0) is 15.2. The average Bonchev–Trinajstić information content (AvgIpc) is 2.49. The van der Waals surface area contributed by atoms with Crippen molar-refractivity contribution in [2.24, 2.45) is 0 Å². The number of nitrogens with zero attached hydrogens (tertiary/aromatic N) is 1. The van der Waals surface area contributed by atoms with Gasteiger partial charge in [-0.2, -0.15) is 0 Å². The number of nitrogen functional groups attached to an aromatic ring is 1. The van der Waals surface area contributed by atoms with Crippen LogP contribution in [0.3, 0.4) is 0 Å². The molecule has 0 bridgehead atoms. The summed E-state index contributed by atoms with van der Waals surface area (Å²) in [6, 6.07) is 13.1. The summed E-state index contributed by atoms with van der Waals surface area (Å²) in [5.74, 6) is -0.179. The van der Waals surface area contributed by atoms with Crippen LogP contribution in [0.25, 0.3) is 0 Å². The summed E-state index contributed by atoms with van der Waals surface area (Å²) < 4.78 is 19.1. The monoisotopic (exact) mass is 288 g/mol. The summed E-state index contributed by atoms with van der Waals surface area (Å²) in [6.45, 7) is 5.79. The van der Waals surface area contributed by atoms with E-state index in [1.54, 1.807) is 6.07 Å². The first-order valence-electron chi connectivity index (χ1n) is 7.16. The van der Waals surface area contributed by atoms with E-state index in [9.17, 15) is 4.39 Å². The lowest BCUT2D eigenvalue weighted by molar-refractivity contribution is 0.321. The van der Waals surface area contributed by atoms with Crippen molar-refractivity contribution in [3.05, 3.63) is 53.8 Å². The zero-order valence-corrected chi connectivity index (χ0v) is 12.5. The molecule has 4 heteroatoms. The molecule has 0 fully saturated rings. The lowest BCUT2D eigenvalue weighted by atomic mass is 10.1. The third-order valence-electron chi connectivity index (χ3n) is 3.32. The third-order valence-corrected chi connectivity index (χ3v) is 3.32. The second kappa shape index (κ2) is 6.97. The predicted octanol–water partition coefficient (Wildman–Crippen LogP) is 3.83. The number of anilines is 2. The van der Waals surface area contributed by atoms with Gasteiger partial charge in [-0.3, -0.25) is 0 Å². The second-order valence-electron chi connectivity index (χ2n) is 4.77. The van der Waals surface area contributed by atoms with Gasteiger partial charge in [0.05, 0.1) is 18.0 Å². The van der Waals surface area contributed by atoms with Crippen LogP contribution in [0.2, 0.25) is 0 Å². The quantitative estimate of drug-likeness (QED) is 0.821. The standard InChI is InChI=1S/C17H21FN2O/c1-3-20(12-13-8-6-5-7-9-13)16-11-17(21-4-2)14(18)10-15(16)19/h5-11H,3-4,12,19H2,1-2H3. The van der Waals surface area contributed by atoms with E-state index in [2.05, 4.69) is 17.0 Å². The van der Waals surface area contributed by atoms with Gasteiger partial charge in [-0.05, 0) is 19.4 Å². The van der Waals surface area contributed by atoms with Crippen molar-refractivity contribution in [2.45, 2.75) is 20.4 Å². The number of ether oxygens (including phenoxy) is 1. The van der Waals surface area contributed by atoms with Crippen LogP contribution in [0.5, 0.6) is 5.75 Å². The van der Waals surface area contributed by atoms with E-state index in [-0.39, 0.29) is 5.75 Å². The van der Waals surface area contributed by atoms with E-state index in [0.29, 0.717) is 12.3 Å². The van der Waals surface area contributed by atoms with Crippen molar-refractivity contribution < 1.29 is 9.13 Å². The maximum Gasteiger partial charge on any atom is 0.167 e. The van der Waals surface area contributed by atoms with Crippen LogP contribution in [0, 0.1) is 5.82 Å². The van der Waals surface area contributed by atoms with Crippen molar-refractivity contribution in [2.75, 3.05) is 23.8 Å². The highest BCUT2D eigenvalue weighted by Gasteiger charge is 2.14. The van der Waals surface area contributed by atoms with Crippen molar-refractivity contribution in [1.29, 1.82) is 0 Å². The predicted molar refractivity (Wildman–Crippen MR) is 85.1 cm³/mol. The van der Waals surface area contributed by atoms with E-state index in [4.69, 9.17) is 10.5 Å². The zero-order valence-electron chi connectivity index (χ0n) is 12.5. The largest absolute Gasteiger partial charge is 0.491 e. The molecule has 0 amide bonds. The van der Waals surface area contributed by atoms with Crippen LogP contribution in [0.1, 0.15) is 19.4 Å². The first kappa shape index (κ1) is 15.2. The highest BCUT2D eigenvalue weighted by molar-refractivity contribution is 5.70. The number of benzene rings is 2. The summed E-state index contributed by atoms with van der Waals surface area (Å²) in [7, 11) is 0. The second-order valence-corrected chi connectivity index (χ2v) is 4.77. The molecule has 2 N–H and O–H groups in total. The fraction of sp³-hybridized carbons (Fsp3) is 0.294. The van der Waals surface area contributed by atoms with Gasteiger partial charge in [0.2, 0.25) is 0 Å². The van der Waals surface area contributed by atoms with Crippen molar-refractivity contribution in [1.82, 2.24) is 0 Å². The average molecular weight is 288 g/mol. The van der Waals surface area contributed by atoms with E-state index < -0.39 is 5.82 Å². The molecule has 0 aliphatic carbocycles. The maximum atomic E-state index is 13.8. The summed E-state index contributed by atoms with van der Waals surface area (Å²) >= 11 is 0. The van der Waals surface area contributed by atoms with Crippen LogP contribution in [0.15, 0.2) is 42.5 Å². The molecule has 2 rings (SSSR count). The lowest BCUT2D eigenvalue weighted by Gasteiger charge is -2.25. The van der Waals surface area contributed by atoms with Crippen LogP contribution in [-0.4, -0.2) is 13.2 Å². The Bertz CT molecular complexity index is 587. The molecule has 2 aromatic carbocycles. The molecule has 21 heavy (non-hydrogen) atoms. The summed E-state index contributed by atoms with van der Waals surface area (Å²) in [5.41, 5.74) is 8.38. The first-order chi connectivity index (χ1) is 10.2. The number of hydrogen-bond donors (Lipinski definition) is 1. The van der Waals surface area contributed by atoms with Gasteiger partial charge in [0, 0.05) is 25.2 Å². The van der Waals surface area contributed by atoms with Crippen LogP contribution in [-0.2, 0) is 6.54 Å². The highest BCUT2D eigenvalue weighted by atomic mass is 19.1. The van der Waals surface area contributed by atoms with Gasteiger partial charge in [-0.1, -0.05) is 30.3 Å². The van der Waals surface area contributed by atoms with Gasteiger partial charge in [0.25, 0.3) is 0 Å². The molecule has 3 nitrogen and oxygen atoms in total. The summed E-state index contributed by atoms with van der Waals surface area (Å²) in [6.07, 6.45) is 0. The van der Waals surface area contributed by atoms with E-state index >= 15 is 0 Å². The van der Waals surface area contributed by atoms with Gasteiger partial charge in [-0.15, -0.1) is 0 Å². The molecular formula is C17H21FN2O. The molecule has 0 saturated heterocycles. The number of hydrogen-bond acceptors (Lipinski definition) is 3. The normalized spacial score (nSPS) is 10.4. The molecule has 0 aliphatic heterocycles. The molecule has 0 heterocycles. The van der Waals surface area contributed by atoms with Crippen molar-refractivity contribution in [3.8, 4) is 5.75 Å². The highest BCUT2D eigenvalue weighted by Crippen LogP contribution is 2.32. The Morgan fingerprint density at radius 3 is 2.48 bits per heavy atom. The molecule has 0 spiro atoms. The Labute approximate surface area is 125 Å². The first-order valence-corrected chi connectivity index (χ1v) is 7.16. The number of halogens is 1. The number of nitrogens with two attached hydrogens (primary N) is 1. The van der Waals surface area contributed by atoms with Gasteiger partial charge < -0.3 is 15.4 Å². The Morgan fingerprint density at radius 1 is 1.14 bits per heavy atom. The summed E-state index contributed by atoms with van der Waals surface area (Å²) in [5, 5.41) is 0. The molecule has 0 radical (unpaired) electrons. The maximum absolute atomic E-state index is 13.8. The molecular weight excluding hydrogens is 267 g/mol. The Balaban J connectivity index is 2.31. The van der Waals surface area contributed by atoms with Crippen LogP contribution < -0.4 is 15.4 Å². The molecule has 2 aromatic rings. The van der Waals surface area contributed by atoms with Crippen molar-refractivity contribution >= 4 is 11.4 Å². The van der Waals surface area contributed by atoms with Crippen LogP contribution >= 0.6 is 0 Å². The molecule has 0 aromatic heterocycles. The van der Waals surface area contributed by atoms with E-state index in [1.807, 2.05) is 32.0 Å². The van der Waals surface area contributed by atoms with E-state index in [0.717, 1.165) is 18.8 Å². The third kappa shape index (κ3) is 3.66. The van der Waals surface area contributed by atoms with Gasteiger partial charge >= 0.3 is 0 Å². The van der Waals surface area contributed by atoms with Crippen LogP contribution in [0.4, 0.5) is 15.8 Å². The Morgan fingerprint density at radius 2 is 1.86 bits per heavy atom. The van der Waals surface area contributed by atoms with Crippen molar-refractivity contribution in [3.63, 3.8) is 0 Å². The molecule has 0 aliphatic rings. The minimum Gasteiger partial charge on any atom is -0.491 e. The van der Waals surface area contributed by atoms with Gasteiger partial charge in [0.15, 0.2) is 11.6 Å². The van der Waals surface area contributed by atoms with E-state index in [1.165, 1.54) is 11.6 Å². The molecule has 112 valence electrons. The fourth-order valence-electron chi connectivity index (χ4n) is 2.27. The minimum absolute atomic E-state index is 0.244. The summed E-state index contributed by atoms with van der Waals surface area (Å²) in [4.78, 5) is 2.10. The SMILES string of the molecule is CCOc1cc(N(CC)Cc2ccccc2)c(N)cc1F. The van der Waals surface area contributed by atoms with Gasteiger partial charge in [-0.25, -0.2) is 4.39 Å². The molecule has 0 saturated carbocycles. The molecule has 0 unspecified atom stereocenters. The molecule has 0 atom stereocenters. The topological polar surface area (TPSA) is 38.5 Å². The lowest BCUT2D eigenvalue weighted by Crippen LogP contribution is -2.23. The Kier molecular flexibility index (Phi) is 5.04. The minimum atomic E-state index is -0.422.